The number of hydrogen-bond acceptors (Lipinski definition) is 5. The number of allylic oxidation sites excluding steroid dienone is 4. The molecule has 0 saturated heterocycles. The second-order valence-corrected chi connectivity index (χ2v) is 18.3. The molecule has 6 heteroatoms. The van der Waals surface area contributed by atoms with Crippen molar-refractivity contribution in [3.05, 3.63) is 24.3 Å². The number of aliphatic hydroxyl groups is 2. The molecule has 3 unspecified atom stereocenters. The molecule has 3 atom stereocenters. The standard InChI is InChI=1S/C54H103NO5/c1-4-7-10-13-16-19-22-24-26-27-28-31-33-36-39-42-45-50(60-54(59)47-44-41-38-35-30-21-18-15-12-9-6-3)48-53(58)55-51(49-56)52(57)46-43-40-37-34-32-29-25-23-20-17-14-11-8-5-2/h26-28,31,50-52,56-57H,4-25,29-30,32-49H2,1-3H3,(H,55,58)/b27-26+,31-28+. The van der Waals surface area contributed by atoms with Crippen molar-refractivity contribution < 1.29 is 24.5 Å². The summed E-state index contributed by atoms with van der Waals surface area (Å²) >= 11 is 0. The Morgan fingerprint density at radius 3 is 1.25 bits per heavy atom. The van der Waals surface area contributed by atoms with Crippen molar-refractivity contribution in [1.82, 2.24) is 5.32 Å². The Hall–Kier alpha value is -1.66. The van der Waals surface area contributed by atoms with E-state index in [4.69, 9.17) is 4.74 Å². The van der Waals surface area contributed by atoms with Crippen LogP contribution in [0.4, 0.5) is 0 Å². The zero-order valence-electron chi connectivity index (χ0n) is 40.4. The molecule has 0 spiro atoms. The van der Waals surface area contributed by atoms with Gasteiger partial charge >= 0.3 is 5.97 Å². The van der Waals surface area contributed by atoms with E-state index < -0.39 is 18.2 Å². The molecule has 0 radical (unpaired) electrons. The van der Waals surface area contributed by atoms with E-state index in [1.807, 2.05) is 0 Å². The minimum atomic E-state index is -0.790. The Bertz CT molecular complexity index is 950. The highest BCUT2D eigenvalue weighted by molar-refractivity contribution is 5.77. The number of carbonyl (C=O) groups excluding carboxylic acids is 2. The normalized spacial score (nSPS) is 13.3. The van der Waals surface area contributed by atoms with Gasteiger partial charge in [0, 0.05) is 6.42 Å². The van der Waals surface area contributed by atoms with Gasteiger partial charge in [-0.05, 0) is 51.4 Å². The van der Waals surface area contributed by atoms with Crippen LogP contribution >= 0.6 is 0 Å². The summed E-state index contributed by atoms with van der Waals surface area (Å²) in [6.07, 6.45) is 55.2. The molecule has 0 aliphatic carbocycles. The monoisotopic (exact) mass is 846 g/mol. The van der Waals surface area contributed by atoms with Crippen LogP contribution in [-0.2, 0) is 14.3 Å². The molecular formula is C54H103NO5. The van der Waals surface area contributed by atoms with Crippen LogP contribution in [0.25, 0.3) is 0 Å². The molecular weight excluding hydrogens is 743 g/mol. The number of hydrogen-bond donors (Lipinski definition) is 3. The molecule has 0 saturated carbocycles. The number of nitrogens with one attached hydrogen (secondary N) is 1. The summed E-state index contributed by atoms with van der Waals surface area (Å²) in [4.78, 5) is 26.1. The van der Waals surface area contributed by atoms with Crippen LogP contribution in [0.2, 0.25) is 0 Å². The third kappa shape index (κ3) is 43.0. The first-order valence-corrected chi connectivity index (χ1v) is 26.6. The van der Waals surface area contributed by atoms with Gasteiger partial charge in [0.1, 0.15) is 6.10 Å². The second kappa shape index (κ2) is 48.4. The van der Waals surface area contributed by atoms with Crippen LogP contribution in [0.15, 0.2) is 24.3 Å². The fraction of sp³-hybridized carbons (Fsp3) is 0.889. The van der Waals surface area contributed by atoms with E-state index in [1.165, 1.54) is 173 Å². The molecule has 0 aromatic carbocycles. The third-order valence-electron chi connectivity index (χ3n) is 12.3. The Labute approximate surface area is 373 Å². The summed E-state index contributed by atoms with van der Waals surface area (Å²) in [5.41, 5.74) is 0. The number of esters is 1. The molecule has 0 aromatic heterocycles. The number of ether oxygens (including phenoxy) is 1. The van der Waals surface area contributed by atoms with Crippen LogP contribution in [0.1, 0.15) is 284 Å². The van der Waals surface area contributed by atoms with Crippen molar-refractivity contribution in [2.75, 3.05) is 6.61 Å². The van der Waals surface area contributed by atoms with E-state index >= 15 is 0 Å². The number of aliphatic hydroxyl groups excluding tert-OH is 2. The average molecular weight is 846 g/mol. The predicted octanol–water partition coefficient (Wildman–Crippen LogP) is 15.9. The lowest BCUT2D eigenvalue weighted by Gasteiger charge is -2.24. The van der Waals surface area contributed by atoms with E-state index in [2.05, 4.69) is 50.4 Å². The van der Waals surface area contributed by atoms with Gasteiger partial charge < -0.3 is 20.3 Å². The highest BCUT2D eigenvalue weighted by Gasteiger charge is 2.24. The van der Waals surface area contributed by atoms with E-state index in [-0.39, 0.29) is 24.9 Å². The SMILES string of the molecule is CCCCCCCCC/C=C/C=C/CCCCCC(CC(=O)NC(CO)C(O)CCCCCCCCCCCCCCCC)OC(=O)CCCCCCCCCCCCC. The molecule has 0 bridgehead atoms. The number of amides is 1. The zero-order chi connectivity index (χ0) is 43.8. The lowest BCUT2D eigenvalue weighted by atomic mass is 10.0. The highest BCUT2D eigenvalue weighted by atomic mass is 16.5. The molecule has 354 valence electrons. The predicted molar refractivity (Wildman–Crippen MR) is 260 cm³/mol. The first-order valence-electron chi connectivity index (χ1n) is 26.6. The van der Waals surface area contributed by atoms with Crippen molar-refractivity contribution in [3.63, 3.8) is 0 Å². The number of rotatable bonds is 48. The summed E-state index contributed by atoms with van der Waals surface area (Å²) in [7, 11) is 0. The highest BCUT2D eigenvalue weighted by Crippen LogP contribution is 2.18. The Balaban J connectivity index is 4.58. The minimum absolute atomic E-state index is 0.0650. The van der Waals surface area contributed by atoms with Gasteiger partial charge in [0.2, 0.25) is 5.91 Å². The maximum Gasteiger partial charge on any atom is 0.306 e. The fourth-order valence-electron chi connectivity index (χ4n) is 8.25. The van der Waals surface area contributed by atoms with Gasteiger partial charge in [0.15, 0.2) is 0 Å². The maximum atomic E-state index is 13.2. The number of unbranched alkanes of at least 4 members (excludes halogenated alkanes) is 33. The molecule has 0 rings (SSSR count). The van der Waals surface area contributed by atoms with Crippen molar-refractivity contribution in [1.29, 1.82) is 0 Å². The summed E-state index contributed by atoms with van der Waals surface area (Å²) in [5.74, 6) is -0.487. The van der Waals surface area contributed by atoms with Crippen molar-refractivity contribution in [3.8, 4) is 0 Å². The maximum absolute atomic E-state index is 13.2. The van der Waals surface area contributed by atoms with Gasteiger partial charge in [-0.25, -0.2) is 0 Å². The van der Waals surface area contributed by atoms with Gasteiger partial charge in [-0.15, -0.1) is 0 Å². The topological polar surface area (TPSA) is 95.9 Å². The molecule has 0 aliphatic heterocycles. The van der Waals surface area contributed by atoms with Crippen molar-refractivity contribution in [2.45, 2.75) is 302 Å². The smallest absolute Gasteiger partial charge is 0.306 e. The fourth-order valence-corrected chi connectivity index (χ4v) is 8.25. The average Bonchev–Trinajstić information content (AvgIpc) is 3.24. The Morgan fingerprint density at radius 2 is 0.833 bits per heavy atom. The van der Waals surface area contributed by atoms with E-state index in [0.29, 0.717) is 19.3 Å². The first kappa shape index (κ1) is 58.3. The van der Waals surface area contributed by atoms with Crippen LogP contribution in [0.3, 0.4) is 0 Å². The first-order chi connectivity index (χ1) is 29.5. The molecule has 60 heavy (non-hydrogen) atoms. The van der Waals surface area contributed by atoms with E-state index in [9.17, 15) is 19.8 Å². The quantitative estimate of drug-likeness (QED) is 0.0322. The largest absolute Gasteiger partial charge is 0.462 e. The van der Waals surface area contributed by atoms with Crippen LogP contribution in [-0.4, -0.2) is 46.9 Å². The van der Waals surface area contributed by atoms with Crippen molar-refractivity contribution >= 4 is 11.9 Å². The zero-order valence-corrected chi connectivity index (χ0v) is 40.4. The Kier molecular flexibility index (Phi) is 47.0. The van der Waals surface area contributed by atoms with Crippen molar-refractivity contribution in [2.24, 2.45) is 0 Å². The minimum Gasteiger partial charge on any atom is -0.462 e. The van der Waals surface area contributed by atoms with Gasteiger partial charge in [-0.2, -0.15) is 0 Å². The molecule has 0 aromatic rings. The van der Waals surface area contributed by atoms with E-state index in [1.54, 1.807) is 0 Å². The summed E-state index contributed by atoms with van der Waals surface area (Å²) < 4.78 is 5.92. The van der Waals surface area contributed by atoms with Gasteiger partial charge in [-0.1, -0.05) is 244 Å². The molecule has 0 heterocycles. The van der Waals surface area contributed by atoms with Gasteiger partial charge in [-0.3, -0.25) is 9.59 Å². The molecule has 1 amide bonds. The molecule has 3 N–H and O–H groups in total. The summed E-state index contributed by atoms with van der Waals surface area (Å²) in [6, 6.07) is -0.705. The molecule has 0 aliphatic rings. The number of carbonyl (C=O) groups is 2. The Morgan fingerprint density at radius 1 is 0.483 bits per heavy atom. The van der Waals surface area contributed by atoms with Crippen LogP contribution in [0, 0.1) is 0 Å². The lowest BCUT2D eigenvalue weighted by Crippen LogP contribution is -2.46. The molecule has 6 nitrogen and oxygen atoms in total. The third-order valence-corrected chi connectivity index (χ3v) is 12.3. The van der Waals surface area contributed by atoms with E-state index in [0.717, 1.165) is 64.2 Å². The summed E-state index contributed by atoms with van der Waals surface area (Å²) in [5, 5.41) is 23.8. The van der Waals surface area contributed by atoms with Crippen LogP contribution in [0.5, 0.6) is 0 Å². The second-order valence-electron chi connectivity index (χ2n) is 18.3. The molecule has 0 fully saturated rings. The van der Waals surface area contributed by atoms with Gasteiger partial charge in [0.25, 0.3) is 0 Å². The lowest BCUT2D eigenvalue weighted by molar-refractivity contribution is -0.151. The van der Waals surface area contributed by atoms with Gasteiger partial charge in [0.05, 0.1) is 25.2 Å². The summed E-state index contributed by atoms with van der Waals surface area (Å²) in [6.45, 7) is 6.48. The van der Waals surface area contributed by atoms with Crippen LogP contribution < -0.4 is 5.32 Å².